The Bertz CT molecular complexity index is 457. The van der Waals surface area contributed by atoms with E-state index in [1.165, 1.54) is 12.1 Å². The van der Waals surface area contributed by atoms with Gasteiger partial charge in [0.15, 0.2) is 0 Å². The van der Waals surface area contributed by atoms with Crippen molar-refractivity contribution in [3.63, 3.8) is 0 Å². The highest BCUT2D eigenvalue weighted by Gasteiger charge is 2.06. The zero-order valence-electron chi connectivity index (χ0n) is 7.68. The van der Waals surface area contributed by atoms with Crippen LogP contribution in [0, 0.1) is 5.82 Å². The molecule has 0 nitrogen and oxygen atoms in total. The molecule has 0 bridgehead atoms. The van der Waals surface area contributed by atoms with Crippen LogP contribution < -0.4 is 0 Å². The third-order valence-corrected chi connectivity index (χ3v) is 3.42. The van der Waals surface area contributed by atoms with Crippen LogP contribution in [0.4, 0.5) is 4.39 Å². The highest BCUT2D eigenvalue weighted by Crippen LogP contribution is 2.34. The molecule has 0 unspecified atom stereocenters. The summed E-state index contributed by atoms with van der Waals surface area (Å²) in [5, 5.41) is 0. The monoisotopic (exact) mass is 328 g/mol. The summed E-state index contributed by atoms with van der Waals surface area (Å²) in [6.45, 7) is 0. The fourth-order valence-electron chi connectivity index (χ4n) is 1.39. The molecule has 0 amide bonds. The molecule has 0 saturated heterocycles. The lowest BCUT2D eigenvalue weighted by Gasteiger charge is -2.07. The number of hydrogen-bond donors (Lipinski definition) is 0. The van der Waals surface area contributed by atoms with Crippen LogP contribution in [0.3, 0.4) is 0 Å². The molecule has 3 heteroatoms. The van der Waals surface area contributed by atoms with Crippen LogP contribution in [-0.2, 0) is 0 Å². The lowest BCUT2D eigenvalue weighted by Crippen LogP contribution is -1.82. The molecule has 0 atom stereocenters. The van der Waals surface area contributed by atoms with Gasteiger partial charge in [-0.05, 0) is 29.8 Å². The van der Waals surface area contributed by atoms with Gasteiger partial charge in [-0.3, -0.25) is 0 Å². The van der Waals surface area contributed by atoms with Crippen molar-refractivity contribution in [1.82, 2.24) is 0 Å². The first-order valence-corrected chi connectivity index (χ1v) is 5.97. The third-order valence-electron chi connectivity index (χ3n) is 2.10. The molecule has 0 aliphatic carbocycles. The molecule has 0 saturated carbocycles. The average Bonchev–Trinajstić information content (AvgIpc) is 2.20. The lowest BCUT2D eigenvalue weighted by molar-refractivity contribution is 0.628. The minimum atomic E-state index is -0.220. The van der Waals surface area contributed by atoms with E-state index in [9.17, 15) is 4.39 Å². The van der Waals surface area contributed by atoms with Crippen molar-refractivity contribution >= 4 is 31.9 Å². The molecular formula is C12H7Br2F. The zero-order valence-corrected chi connectivity index (χ0v) is 10.8. The minimum absolute atomic E-state index is 0.220. The summed E-state index contributed by atoms with van der Waals surface area (Å²) in [4.78, 5) is 0. The van der Waals surface area contributed by atoms with Crippen molar-refractivity contribution in [3.05, 3.63) is 57.2 Å². The Balaban J connectivity index is 2.58. The van der Waals surface area contributed by atoms with Crippen molar-refractivity contribution in [1.29, 1.82) is 0 Å². The van der Waals surface area contributed by atoms with Crippen LogP contribution >= 0.6 is 31.9 Å². The minimum Gasteiger partial charge on any atom is -0.207 e. The van der Waals surface area contributed by atoms with E-state index < -0.39 is 0 Å². The lowest BCUT2D eigenvalue weighted by atomic mass is 10.1. The molecule has 0 N–H and O–H groups in total. The van der Waals surface area contributed by atoms with Gasteiger partial charge in [0.05, 0.1) is 0 Å². The van der Waals surface area contributed by atoms with Gasteiger partial charge in [0.1, 0.15) is 5.82 Å². The summed E-state index contributed by atoms with van der Waals surface area (Å²) >= 11 is 6.96. The molecular weight excluding hydrogens is 323 g/mol. The number of benzene rings is 2. The van der Waals surface area contributed by atoms with Gasteiger partial charge in [0, 0.05) is 14.5 Å². The fourth-order valence-corrected chi connectivity index (χ4v) is 2.85. The van der Waals surface area contributed by atoms with E-state index in [1.807, 2.05) is 18.2 Å². The number of hydrogen-bond acceptors (Lipinski definition) is 0. The SMILES string of the molecule is Fc1ccc(-c2c(Br)cccc2Br)cc1. The molecule has 0 aliphatic rings. The predicted octanol–water partition coefficient (Wildman–Crippen LogP) is 5.02. The fraction of sp³-hybridized carbons (Fsp3) is 0. The van der Waals surface area contributed by atoms with E-state index in [4.69, 9.17) is 0 Å². The largest absolute Gasteiger partial charge is 0.207 e. The highest BCUT2D eigenvalue weighted by atomic mass is 79.9. The summed E-state index contributed by atoms with van der Waals surface area (Å²) < 4.78 is 14.8. The second-order valence-corrected chi connectivity index (χ2v) is 4.81. The molecule has 0 heterocycles. The van der Waals surface area contributed by atoms with Crippen LogP contribution in [0.1, 0.15) is 0 Å². The van der Waals surface area contributed by atoms with E-state index in [1.54, 1.807) is 12.1 Å². The summed E-state index contributed by atoms with van der Waals surface area (Å²) in [5.41, 5.74) is 2.02. The molecule has 76 valence electrons. The first-order chi connectivity index (χ1) is 7.18. The molecule has 0 radical (unpaired) electrons. The van der Waals surface area contributed by atoms with Gasteiger partial charge in [-0.2, -0.15) is 0 Å². The van der Waals surface area contributed by atoms with E-state index in [-0.39, 0.29) is 5.82 Å². The van der Waals surface area contributed by atoms with Crippen molar-refractivity contribution in [2.75, 3.05) is 0 Å². The first kappa shape index (κ1) is 10.8. The van der Waals surface area contributed by atoms with Gasteiger partial charge >= 0.3 is 0 Å². The van der Waals surface area contributed by atoms with Crippen LogP contribution in [0.15, 0.2) is 51.4 Å². The second kappa shape index (κ2) is 4.45. The number of rotatable bonds is 1. The highest BCUT2D eigenvalue weighted by molar-refractivity contribution is 9.11. The molecule has 2 aromatic carbocycles. The molecule has 0 fully saturated rings. The van der Waals surface area contributed by atoms with Crippen LogP contribution in [0.5, 0.6) is 0 Å². The van der Waals surface area contributed by atoms with Gasteiger partial charge in [-0.1, -0.05) is 50.1 Å². The van der Waals surface area contributed by atoms with Gasteiger partial charge < -0.3 is 0 Å². The molecule has 0 spiro atoms. The Morgan fingerprint density at radius 1 is 0.800 bits per heavy atom. The Morgan fingerprint density at radius 3 is 1.87 bits per heavy atom. The summed E-state index contributed by atoms with van der Waals surface area (Å²) in [7, 11) is 0. The maximum Gasteiger partial charge on any atom is 0.123 e. The summed E-state index contributed by atoms with van der Waals surface area (Å²) in [5.74, 6) is -0.220. The molecule has 15 heavy (non-hydrogen) atoms. The van der Waals surface area contributed by atoms with Crippen molar-refractivity contribution in [2.24, 2.45) is 0 Å². The second-order valence-electron chi connectivity index (χ2n) is 3.10. The Hall–Kier alpha value is -0.670. The van der Waals surface area contributed by atoms with Crippen molar-refractivity contribution in [2.45, 2.75) is 0 Å². The Labute approximate surface area is 104 Å². The summed E-state index contributed by atoms with van der Waals surface area (Å²) in [6, 6.07) is 12.3. The van der Waals surface area contributed by atoms with Crippen molar-refractivity contribution < 1.29 is 4.39 Å². The van der Waals surface area contributed by atoms with E-state index in [0.29, 0.717) is 0 Å². The predicted molar refractivity (Wildman–Crippen MR) is 67.2 cm³/mol. The van der Waals surface area contributed by atoms with Gasteiger partial charge in [0.25, 0.3) is 0 Å². The van der Waals surface area contributed by atoms with Crippen LogP contribution in [0.25, 0.3) is 11.1 Å². The van der Waals surface area contributed by atoms with Crippen LogP contribution in [0.2, 0.25) is 0 Å². The molecule has 0 aliphatic heterocycles. The third kappa shape index (κ3) is 2.29. The zero-order chi connectivity index (χ0) is 10.8. The van der Waals surface area contributed by atoms with Gasteiger partial charge in [0.2, 0.25) is 0 Å². The van der Waals surface area contributed by atoms with Gasteiger partial charge in [-0.25, -0.2) is 4.39 Å². The van der Waals surface area contributed by atoms with Crippen LogP contribution in [-0.4, -0.2) is 0 Å². The Morgan fingerprint density at radius 2 is 1.33 bits per heavy atom. The van der Waals surface area contributed by atoms with Crippen molar-refractivity contribution in [3.8, 4) is 11.1 Å². The van der Waals surface area contributed by atoms with Gasteiger partial charge in [-0.15, -0.1) is 0 Å². The maximum atomic E-state index is 12.8. The molecule has 2 aromatic rings. The topological polar surface area (TPSA) is 0 Å². The van der Waals surface area contributed by atoms with E-state index >= 15 is 0 Å². The Kier molecular flexibility index (Phi) is 3.22. The maximum absolute atomic E-state index is 12.8. The van der Waals surface area contributed by atoms with E-state index in [2.05, 4.69) is 31.9 Å². The molecule has 2 rings (SSSR count). The molecule has 0 aromatic heterocycles. The standard InChI is InChI=1S/C12H7Br2F/c13-10-2-1-3-11(14)12(10)8-4-6-9(15)7-5-8/h1-7H. The first-order valence-electron chi connectivity index (χ1n) is 4.38. The quantitative estimate of drug-likeness (QED) is 0.689. The number of halogens is 3. The normalized spacial score (nSPS) is 10.3. The van der Waals surface area contributed by atoms with E-state index in [0.717, 1.165) is 20.1 Å². The average molecular weight is 330 g/mol. The smallest absolute Gasteiger partial charge is 0.123 e. The summed E-state index contributed by atoms with van der Waals surface area (Å²) in [6.07, 6.45) is 0.